The highest BCUT2D eigenvalue weighted by Gasteiger charge is 2.30. The number of para-hydroxylation sites is 17. The molecule has 0 N–H and O–H groups in total. The number of aromatic nitrogens is 18. The maximum Gasteiger partial charge on any atom is 0.331 e. The van der Waals surface area contributed by atoms with Crippen molar-refractivity contribution < 1.29 is 26.5 Å². The molecule has 0 bridgehead atoms. The molecule has 0 spiro atoms. The van der Waals surface area contributed by atoms with E-state index in [9.17, 15) is 0 Å². The molecule has 0 aliphatic rings. The second kappa shape index (κ2) is 23.8. The molecule has 0 atom stereocenters. The lowest BCUT2D eigenvalue weighted by molar-refractivity contribution is 0.499. The van der Waals surface area contributed by atoms with Gasteiger partial charge >= 0.3 is 30.1 Å². The zero-order valence-electron chi connectivity index (χ0n) is 61.0. The number of fused-ring (bicyclic) bond motifs is 30. The van der Waals surface area contributed by atoms with Crippen LogP contribution < -0.4 is 0 Å². The fourth-order valence-electron chi connectivity index (χ4n) is 17.5. The normalized spacial score (nSPS) is 12.3. The molecule has 0 aliphatic carbocycles. The summed E-state index contributed by atoms with van der Waals surface area (Å²) < 4.78 is 56.7. The van der Waals surface area contributed by atoms with E-state index in [-0.39, 0.29) is 6.01 Å². The van der Waals surface area contributed by atoms with Crippen molar-refractivity contribution in [2.45, 2.75) is 0 Å². The molecule has 0 fully saturated rings. The van der Waals surface area contributed by atoms with E-state index in [2.05, 4.69) is 158 Å². The maximum atomic E-state index is 6.61. The Morgan fingerprint density at radius 3 is 0.949 bits per heavy atom. The second-order valence-electron chi connectivity index (χ2n) is 28.7. The van der Waals surface area contributed by atoms with Crippen molar-refractivity contribution in [3.05, 3.63) is 315 Å². The maximum absolute atomic E-state index is 6.61. The third-order valence-corrected chi connectivity index (χ3v) is 22.4. The van der Waals surface area contributed by atoms with Gasteiger partial charge in [0.1, 0.15) is 16.7 Å². The molecule has 550 valence electrons. The Labute approximate surface area is 654 Å². The van der Waals surface area contributed by atoms with Crippen molar-refractivity contribution in [1.82, 2.24) is 86.1 Å². The Balaban J connectivity index is 0.000000102. The highest BCUT2D eigenvalue weighted by molar-refractivity contribution is 6.23. The van der Waals surface area contributed by atoms with Crippen LogP contribution in [0.1, 0.15) is 0 Å². The summed E-state index contributed by atoms with van der Waals surface area (Å²) in [5, 5.41) is 36.1. The molecule has 0 radical (unpaired) electrons. The number of nitrogens with zero attached hydrogens (tertiary/aromatic N) is 18. The minimum Gasteiger partial charge on any atom is -0.439 e. The number of hydrogen-bond donors (Lipinski definition) is 0. The van der Waals surface area contributed by atoms with E-state index in [1.54, 1.807) is 0 Å². The molecule has 15 heterocycles. The number of hydrogen-bond acceptors (Lipinski definition) is 15. The van der Waals surface area contributed by atoms with Crippen LogP contribution in [-0.2, 0) is 0 Å². The summed E-state index contributed by atoms with van der Waals surface area (Å²) in [5.41, 5.74) is 20.9. The Hall–Kier alpha value is -16.9. The van der Waals surface area contributed by atoms with Gasteiger partial charge in [0.05, 0.1) is 98.9 Å². The van der Waals surface area contributed by atoms with Crippen LogP contribution in [0.4, 0.5) is 0 Å². The first-order valence-electron chi connectivity index (χ1n) is 38.0. The van der Waals surface area contributed by atoms with Gasteiger partial charge in [0.25, 0.3) is 0 Å². The Morgan fingerprint density at radius 2 is 0.513 bits per heavy atom. The molecule has 28 aromatic rings. The lowest BCUT2D eigenvalue weighted by Crippen LogP contribution is -1.96. The first-order valence-corrected chi connectivity index (χ1v) is 38.0. The first-order chi connectivity index (χ1) is 58.1. The molecular formula is C93H52N18O6. The van der Waals surface area contributed by atoms with Gasteiger partial charge in [-0.2, -0.15) is 0 Å². The third-order valence-electron chi connectivity index (χ3n) is 22.4. The SMILES string of the molecule is c1ccc(-c2nnc(-n3c4ccccc4n4c5ccccc5nc34)o2)cc1.c1ccc2c(c1)nc1n(-c3nnc(-n4c5ccccc5n5c6ccccc6nc45)o3)c3ccccc3n21.c1ccc2c(c1)oc1c2c2ccccc2n1-c1ccc2c(c1)c1c3ccccc3oc1n2-c1nnc(-n2c3ccccc3c3c4ccccc4oc32)o1. The fourth-order valence-corrected chi connectivity index (χ4v) is 17.5. The zero-order chi connectivity index (χ0) is 76.2. The molecule has 0 unspecified atom stereocenters. The van der Waals surface area contributed by atoms with Crippen LogP contribution >= 0.6 is 0 Å². The van der Waals surface area contributed by atoms with Crippen LogP contribution in [0.3, 0.4) is 0 Å². The van der Waals surface area contributed by atoms with Gasteiger partial charge in [-0.05, 0) is 133 Å². The van der Waals surface area contributed by atoms with E-state index < -0.39 is 0 Å². The van der Waals surface area contributed by atoms with Crippen molar-refractivity contribution in [3.8, 4) is 47.2 Å². The zero-order valence-corrected chi connectivity index (χ0v) is 61.0. The largest absolute Gasteiger partial charge is 0.439 e. The summed E-state index contributed by atoms with van der Waals surface area (Å²) >= 11 is 0. The quantitative estimate of drug-likeness (QED) is 0.144. The lowest BCUT2D eigenvalue weighted by Gasteiger charge is -2.07. The first kappa shape index (κ1) is 62.8. The van der Waals surface area contributed by atoms with E-state index in [0.717, 1.165) is 171 Å². The smallest absolute Gasteiger partial charge is 0.331 e. The minimum atomic E-state index is 0.278. The van der Waals surface area contributed by atoms with E-state index in [1.807, 2.05) is 229 Å². The molecule has 24 heteroatoms. The molecule has 0 saturated heterocycles. The summed E-state index contributed by atoms with van der Waals surface area (Å²) in [7, 11) is 0. The van der Waals surface area contributed by atoms with Gasteiger partial charge in [-0.15, -0.1) is 5.10 Å². The highest BCUT2D eigenvalue weighted by Crippen LogP contribution is 2.45. The topological polar surface area (TPSA) is 238 Å². The van der Waals surface area contributed by atoms with Crippen LogP contribution in [0.15, 0.2) is 342 Å². The van der Waals surface area contributed by atoms with Gasteiger partial charge in [-0.3, -0.25) is 17.8 Å². The summed E-state index contributed by atoms with van der Waals surface area (Å²) in [5.74, 6) is 2.66. The lowest BCUT2D eigenvalue weighted by atomic mass is 10.1. The van der Waals surface area contributed by atoms with Gasteiger partial charge in [0.15, 0.2) is 0 Å². The number of imidazole rings is 6. The molecule has 24 nitrogen and oxygen atoms in total. The van der Waals surface area contributed by atoms with E-state index >= 15 is 0 Å². The molecule has 0 aliphatic heterocycles. The molecule has 15 aromatic heterocycles. The Morgan fingerprint density at radius 1 is 0.205 bits per heavy atom. The van der Waals surface area contributed by atoms with Crippen LogP contribution in [-0.4, -0.2) is 86.1 Å². The Kier molecular flexibility index (Phi) is 12.8. The van der Waals surface area contributed by atoms with E-state index in [0.29, 0.717) is 52.9 Å². The average Bonchev–Trinajstić information content (AvgIpc) is 1.57. The van der Waals surface area contributed by atoms with Crippen molar-refractivity contribution >= 4 is 182 Å². The van der Waals surface area contributed by atoms with Crippen molar-refractivity contribution in [1.29, 1.82) is 0 Å². The molecular weight excluding hydrogens is 1470 g/mol. The van der Waals surface area contributed by atoms with Crippen LogP contribution in [0.2, 0.25) is 0 Å². The molecule has 117 heavy (non-hydrogen) atoms. The van der Waals surface area contributed by atoms with Gasteiger partial charge in [0, 0.05) is 43.6 Å². The molecule has 13 aromatic carbocycles. The second-order valence-corrected chi connectivity index (χ2v) is 28.7. The van der Waals surface area contributed by atoms with Gasteiger partial charge < -0.3 is 26.5 Å². The van der Waals surface area contributed by atoms with Gasteiger partial charge in [-0.25, -0.2) is 37.8 Å². The summed E-state index contributed by atoms with van der Waals surface area (Å²) in [6.45, 7) is 0. The van der Waals surface area contributed by atoms with Gasteiger partial charge in [-0.1, -0.05) is 207 Å². The van der Waals surface area contributed by atoms with Crippen LogP contribution in [0.5, 0.6) is 0 Å². The fraction of sp³-hybridized carbons (Fsp3) is 0. The predicted molar refractivity (Wildman–Crippen MR) is 450 cm³/mol. The summed E-state index contributed by atoms with van der Waals surface area (Å²) in [6, 6.07) is 107. The van der Waals surface area contributed by atoms with E-state index in [1.165, 1.54) is 0 Å². The molecule has 28 rings (SSSR count). The number of furan rings is 3. The molecule has 0 amide bonds. The summed E-state index contributed by atoms with van der Waals surface area (Å²) in [6.07, 6.45) is 0. The predicted octanol–water partition coefficient (Wildman–Crippen LogP) is 21.6. The van der Waals surface area contributed by atoms with E-state index in [4.69, 9.17) is 41.5 Å². The van der Waals surface area contributed by atoms with Crippen molar-refractivity contribution in [2.24, 2.45) is 0 Å². The average molecular weight is 1520 g/mol. The van der Waals surface area contributed by atoms with Crippen molar-refractivity contribution in [2.75, 3.05) is 0 Å². The number of benzene rings is 13. The minimum absolute atomic E-state index is 0.278. The van der Waals surface area contributed by atoms with Crippen LogP contribution in [0, 0.1) is 0 Å². The Bertz CT molecular complexity index is 8820. The monoisotopic (exact) mass is 1520 g/mol. The highest BCUT2D eigenvalue weighted by atomic mass is 16.4. The van der Waals surface area contributed by atoms with Crippen molar-refractivity contribution in [3.63, 3.8) is 0 Å². The number of rotatable bonds is 7. The third kappa shape index (κ3) is 8.90. The standard InChI is InChI=1S/C44H23N5O4.C28H16N8O.C21H13N5O/c1-6-16-31-25(11-1)37-27-13-3-8-18-34(27)50-40(37)47(31)24-21-22-33-30(23-24)39-29-15-5-10-20-36(29)52-42(39)49(33)44-46-45-43(53-44)48-32-17-7-2-12-26(32)38-28-14-4-9-19-35(28)51-41(38)48;1-3-11-19-17(9-1)29-25-33(19)21-13-5-7-15-23(21)35(25)27-31-32-28(37-27)36-24-16-8-6-14-22(24)34-20-12-4-2-10-18(20)30-26(34)36;1-2-8-14(9-3-1)19-23-24-21(27-19)26-18-13-7-6-12-17(18)25-16-11-5-4-10-15(16)22-20(25)26/h1-23H;1-16H;1-13H. The van der Waals surface area contributed by atoms with Gasteiger partial charge in [0.2, 0.25) is 40.4 Å². The van der Waals surface area contributed by atoms with Crippen LogP contribution in [0.25, 0.3) is 230 Å². The molecule has 0 saturated carbocycles. The summed E-state index contributed by atoms with van der Waals surface area (Å²) in [4.78, 5) is 14.6.